The molecule has 1 amide bonds. The molecule has 0 saturated heterocycles. The Balaban J connectivity index is 1.44. The number of carbonyl (C=O) groups excluding carboxylic acids is 1. The Morgan fingerprint density at radius 2 is 2.00 bits per heavy atom. The largest absolute Gasteiger partial charge is 0.326 e. The molecule has 1 aliphatic rings. The van der Waals surface area contributed by atoms with Gasteiger partial charge in [-0.05, 0) is 55.4 Å². The van der Waals surface area contributed by atoms with Gasteiger partial charge in [0.15, 0.2) is 0 Å². The molecule has 3 aromatic rings. The molecular formula is C22H25N3O2S. The summed E-state index contributed by atoms with van der Waals surface area (Å²) in [6.07, 6.45) is 8.31. The molecule has 2 heterocycles. The molecule has 1 aromatic carbocycles. The molecule has 28 heavy (non-hydrogen) atoms. The van der Waals surface area contributed by atoms with E-state index in [4.69, 9.17) is 0 Å². The third-order valence-electron chi connectivity index (χ3n) is 5.30. The highest BCUT2D eigenvalue weighted by molar-refractivity contribution is 7.18. The van der Waals surface area contributed by atoms with Crippen molar-refractivity contribution in [2.45, 2.75) is 58.4 Å². The van der Waals surface area contributed by atoms with Crippen LogP contribution < -0.4 is 10.9 Å². The van der Waals surface area contributed by atoms with Gasteiger partial charge in [0.1, 0.15) is 4.83 Å². The zero-order valence-corrected chi connectivity index (χ0v) is 17.0. The van der Waals surface area contributed by atoms with Crippen LogP contribution in [0.25, 0.3) is 10.2 Å². The minimum atomic E-state index is -0.0948. The van der Waals surface area contributed by atoms with Crippen molar-refractivity contribution < 1.29 is 4.79 Å². The molecule has 0 fully saturated rings. The number of thiophene rings is 1. The van der Waals surface area contributed by atoms with Gasteiger partial charge in [-0.15, -0.1) is 11.3 Å². The second-order valence-electron chi connectivity index (χ2n) is 7.38. The molecule has 0 saturated carbocycles. The van der Waals surface area contributed by atoms with Gasteiger partial charge in [-0.3, -0.25) is 14.2 Å². The summed E-state index contributed by atoms with van der Waals surface area (Å²) >= 11 is 1.65. The molecule has 146 valence electrons. The van der Waals surface area contributed by atoms with E-state index in [2.05, 4.69) is 17.2 Å². The lowest BCUT2D eigenvalue weighted by molar-refractivity contribution is -0.116. The van der Waals surface area contributed by atoms with Crippen molar-refractivity contribution in [2.75, 3.05) is 5.32 Å². The van der Waals surface area contributed by atoms with Crippen LogP contribution in [0.5, 0.6) is 0 Å². The van der Waals surface area contributed by atoms with Crippen LogP contribution in [-0.2, 0) is 30.6 Å². The first-order valence-corrected chi connectivity index (χ1v) is 10.9. The van der Waals surface area contributed by atoms with E-state index in [0.717, 1.165) is 48.0 Å². The Morgan fingerprint density at radius 3 is 2.79 bits per heavy atom. The predicted molar refractivity (Wildman–Crippen MR) is 114 cm³/mol. The van der Waals surface area contributed by atoms with E-state index in [1.165, 1.54) is 22.4 Å². The average Bonchev–Trinajstić information content (AvgIpc) is 3.08. The zero-order valence-electron chi connectivity index (χ0n) is 16.2. The smallest absolute Gasteiger partial charge is 0.262 e. The molecular weight excluding hydrogens is 370 g/mol. The van der Waals surface area contributed by atoms with Crippen molar-refractivity contribution >= 4 is 33.1 Å². The minimum absolute atomic E-state index is 0.0129. The van der Waals surface area contributed by atoms with Crippen LogP contribution in [0.4, 0.5) is 5.69 Å². The van der Waals surface area contributed by atoms with Crippen molar-refractivity contribution in [3.05, 3.63) is 57.0 Å². The third-order valence-corrected chi connectivity index (χ3v) is 6.50. The SMILES string of the molecule is CCCc1ccc(NC(=O)CCn2cnc3sc4c(c3c2=O)CCCC4)cc1. The van der Waals surface area contributed by atoms with Gasteiger partial charge in [0.25, 0.3) is 5.56 Å². The van der Waals surface area contributed by atoms with Gasteiger partial charge >= 0.3 is 0 Å². The van der Waals surface area contributed by atoms with E-state index in [0.29, 0.717) is 6.54 Å². The number of rotatable bonds is 6. The molecule has 2 aromatic heterocycles. The number of nitrogens with zero attached hydrogens (tertiary/aromatic N) is 2. The molecule has 0 aliphatic heterocycles. The quantitative estimate of drug-likeness (QED) is 0.676. The standard InChI is InChI=1S/C22H25N3O2S/c1-2-5-15-8-10-16(11-9-15)24-19(26)12-13-25-14-23-21-20(22(25)27)17-6-3-4-7-18(17)28-21/h8-11,14H,2-7,12-13H2,1H3,(H,24,26). The Bertz CT molecular complexity index is 1050. The number of hydrogen-bond acceptors (Lipinski definition) is 4. The van der Waals surface area contributed by atoms with Gasteiger partial charge < -0.3 is 5.32 Å². The van der Waals surface area contributed by atoms with Gasteiger partial charge in [0, 0.05) is 23.5 Å². The summed E-state index contributed by atoms with van der Waals surface area (Å²) in [6, 6.07) is 7.95. The summed E-state index contributed by atoms with van der Waals surface area (Å²) in [5.74, 6) is -0.0948. The Morgan fingerprint density at radius 1 is 1.21 bits per heavy atom. The van der Waals surface area contributed by atoms with Crippen LogP contribution in [0, 0.1) is 0 Å². The molecule has 0 unspecified atom stereocenters. The van der Waals surface area contributed by atoms with Gasteiger partial charge in [-0.25, -0.2) is 4.98 Å². The van der Waals surface area contributed by atoms with Gasteiger partial charge in [-0.1, -0.05) is 25.5 Å². The summed E-state index contributed by atoms with van der Waals surface area (Å²) in [4.78, 5) is 31.9. The van der Waals surface area contributed by atoms with Crippen LogP contribution in [0.3, 0.4) is 0 Å². The van der Waals surface area contributed by atoms with Crippen molar-refractivity contribution in [3.63, 3.8) is 0 Å². The first-order chi connectivity index (χ1) is 13.7. The molecule has 0 spiro atoms. The number of benzene rings is 1. The number of fused-ring (bicyclic) bond motifs is 3. The predicted octanol–water partition coefficient (Wildman–Crippen LogP) is 4.32. The van der Waals surface area contributed by atoms with E-state index in [-0.39, 0.29) is 17.9 Å². The fourth-order valence-corrected chi connectivity index (χ4v) is 5.05. The molecule has 0 bridgehead atoms. The van der Waals surface area contributed by atoms with Gasteiger partial charge in [0.05, 0.1) is 11.7 Å². The first kappa shape index (κ1) is 18.9. The van der Waals surface area contributed by atoms with Crippen molar-refractivity contribution in [1.82, 2.24) is 9.55 Å². The maximum Gasteiger partial charge on any atom is 0.262 e. The van der Waals surface area contributed by atoms with Crippen LogP contribution >= 0.6 is 11.3 Å². The van der Waals surface area contributed by atoms with Crippen LogP contribution in [0.1, 0.15) is 48.6 Å². The fraction of sp³-hybridized carbons (Fsp3) is 0.409. The van der Waals surface area contributed by atoms with Gasteiger partial charge in [0.2, 0.25) is 5.91 Å². The third kappa shape index (κ3) is 3.87. The minimum Gasteiger partial charge on any atom is -0.326 e. The molecule has 5 nitrogen and oxygen atoms in total. The van der Waals surface area contributed by atoms with Crippen molar-refractivity contribution in [1.29, 1.82) is 0 Å². The first-order valence-electron chi connectivity index (χ1n) is 10.0. The highest BCUT2D eigenvalue weighted by atomic mass is 32.1. The number of carbonyl (C=O) groups is 1. The summed E-state index contributed by atoms with van der Waals surface area (Å²) in [5, 5.41) is 3.68. The monoisotopic (exact) mass is 395 g/mol. The molecule has 4 rings (SSSR count). The summed E-state index contributed by atoms with van der Waals surface area (Å²) < 4.78 is 1.58. The normalized spacial score (nSPS) is 13.5. The fourth-order valence-electron chi connectivity index (χ4n) is 3.83. The Hall–Kier alpha value is -2.47. The summed E-state index contributed by atoms with van der Waals surface area (Å²) in [6.45, 7) is 2.49. The summed E-state index contributed by atoms with van der Waals surface area (Å²) in [5.41, 5.74) is 3.24. The van der Waals surface area contributed by atoms with Crippen molar-refractivity contribution in [2.24, 2.45) is 0 Å². The maximum absolute atomic E-state index is 12.9. The molecule has 0 atom stereocenters. The summed E-state index contributed by atoms with van der Waals surface area (Å²) in [7, 11) is 0. The van der Waals surface area contributed by atoms with Gasteiger partial charge in [-0.2, -0.15) is 0 Å². The lowest BCUT2D eigenvalue weighted by Gasteiger charge is -2.10. The zero-order chi connectivity index (χ0) is 19.5. The topological polar surface area (TPSA) is 64.0 Å². The number of amides is 1. The van der Waals surface area contributed by atoms with E-state index in [1.807, 2.05) is 24.3 Å². The number of hydrogen-bond donors (Lipinski definition) is 1. The lowest BCUT2D eigenvalue weighted by Crippen LogP contribution is -2.24. The second kappa shape index (κ2) is 8.27. The van der Waals surface area contributed by atoms with Crippen LogP contribution in [0.15, 0.2) is 35.4 Å². The Kier molecular flexibility index (Phi) is 5.57. The maximum atomic E-state index is 12.9. The van der Waals surface area contributed by atoms with Crippen LogP contribution in [-0.4, -0.2) is 15.5 Å². The highest BCUT2D eigenvalue weighted by Crippen LogP contribution is 2.33. The van der Waals surface area contributed by atoms with E-state index in [1.54, 1.807) is 22.2 Å². The number of aromatic nitrogens is 2. The van der Waals surface area contributed by atoms with E-state index in [9.17, 15) is 9.59 Å². The van der Waals surface area contributed by atoms with Crippen molar-refractivity contribution in [3.8, 4) is 0 Å². The van der Waals surface area contributed by atoms with Crippen LogP contribution in [0.2, 0.25) is 0 Å². The molecule has 6 heteroatoms. The second-order valence-corrected chi connectivity index (χ2v) is 8.46. The van der Waals surface area contributed by atoms with E-state index >= 15 is 0 Å². The Labute approximate surface area is 168 Å². The number of anilines is 1. The van der Waals surface area contributed by atoms with E-state index < -0.39 is 0 Å². The molecule has 0 radical (unpaired) electrons. The molecule has 1 aliphatic carbocycles. The highest BCUT2D eigenvalue weighted by Gasteiger charge is 2.20. The number of nitrogens with one attached hydrogen (secondary N) is 1. The number of aryl methyl sites for hydroxylation is 4. The average molecular weight is 396 g/mol. The molecule has 1 N–H and O–H groups in total. The lowest BCUT2D eigenvalue weighted by atomic mass is 9.97.